The van der Waals surface area contributed by atoms with Crippen molar-refractivity contribution < 1.29 is 9.59 Å². The largest absolute Gasteiger partial charge is 0.344 e. The molecule has 0 spiro atoms. The third-order valence-electron chi connectivity index (χ3n) is 3.81. The van der Waals surface area contributed by atoms with E-state index in [-0.39, 0.29) is 0 Å². The first-order valence-corrected chi connectivity index (χ1v) is 7.74. The molecule has 0 bridgehead atoms. The Kier molecular flexibility index (Phi) is 5.52. The van der Waals surface area contributed by atoms with Crippen LogP contribution in [0.25, 0.3) is 0 Å². The van der Waals surface area contributed by atoms with Crippen LogP contribution in [0.2, 0.25) is 0 Å². The topological polar surface area (TPSA) is 58.2 Å². The Labute approximate surface area is 136 Å². The highest BCUT2D eigenvalue weighted by Crippen LogP contribution is 2.19. The average molecular weight is 310 g/mol. The number of hydrogen-bond acceptors (Lipinski definition) is 2. The maximum atomic E-state index is 12.0. The van der Waals surface area contributed by atoms with Gasteiger partial charge in [-0.05, 0) is 42.5 Å². The molecule has 0 saturated heterocycles. The summed E-state index contributed by atoms with van der Waals surface area (Å²) in [6, 6.07) is 13.7. The van der Waals surface area contributed by atoms with Crippen molar-refractivity contribution in [1.29, 1.82) is 0 Å². The number of amides is 2. The molecule has 0 aromatic heterocycles. The van der Waals surface area contributed by atoms with Gasteiger partial charge in [0, 0.05) is 12.2 Å². The Morgan fingerprint density at radius 1 is 0.870 bits per heavy atom. The summed E-state index contributed by atoms with van der Waals surface area (Å²) < 4.78 is 0. The molecule has 2 aromatic rings. The quantitative estimate of drug-likeness (QED) is 0.853. The smallest absolute Gasteiger partial charge is 0.313 e. The number of carbonyl (C=O) groups excluding carboxylic acids is 2. The van der Waals surface area contributed by atoms with Crippen LogP contribution in [0.5, 0.6) is 0 Å². The average Bonchev–Trinajstić information content (AvgIpc) is 2.56. The molecule has 0 heterocycles. The second kappa shape index (κ2) is 7.58. The lowest BCUT2D eigenvalue weighted by Gasteiger charge is -2.11. The summed E-state index contributed by atoms with van der Waals surface area (Å²) in [6.45, 7) is 6.23. The molecule has 4 nitrogen and oxygen atoms in total. The Balaban J connectivity index is 1.93. The van der Waals surface area contributed by atoms with Gasteiger partial charge in [-0.25, -0.2) is 0 Å². The molecule has 23 heavy (non-hydrogen) atoms. The fraction of sp³-hybridized carbons (Fsp3) is 0.263. The van der Waals surface area contributed by atoms with Gasteiger partial charge in [-0.15, -0.1) is 0 Å². The van der Waals surface area contributed by atoms with E-state index in [9.17, 15) is 9.59 Å². The molecule has 2 N–H and O–H groups in total. The van der Waals surface area contributed by atoms with E-state index in [1.54, 1.807) is 0 Å². The second-order valence-corrected chi connectivity index (χ2v) is 5.57. The molecule has 2 aromatic carbocycles. The maximum absolute atomic E-state index is 12.0. The van der Waals surface area contributed by atoms with Crippen LogP contribution < -0.4 is 10.6 Å². The van der Waals surface area contributed by atoms with Crippen molar-refractivity contribution in [3.8, 4) is 0 Å². The van der Waals surface area contributed by atoms with Crippen LogP contribution >= 0.6 is 0 Å². The first-order chi connectivity index (χ1) is 11.0. The van der Waals surface area contributed by atoms with Crippen molar-refractivity contribution in [3.63, 3.8) is 0 Å². The zero-order valence-electron chi connectivity index (χ0n) is 13.8. The normalized spacial score (nSPS) is 10.2. The van der Waals surface area contributed by atoms with E-state index in [0.29, 0.717) is 12.2 Å². The molecule has 0 fully saturated rings. The first kappa shape index (κ1) is 16.7. The molecule has 0 radical (unpaired) electrons. The van der Waals surface area contributed by atoms with Crippen molar-refractivity contribution in [1.82, 2.24) is 5.32 Å². The van der Waals surface area contributed by atoms with Crippen LogP contribution in [0.15, 0.2) is 42.5 Å². The highest BCUT2D eigenvalue weighted by molar-refractivity contribution is 6.39. The summed E-state index contributed by atoms with van der Waals surface area (Å²) in [5, 5.41) is 5.33. The number of nitrogens with one attached hydrogen (secondary N) is 2. The SMILES string of the molecule is CCc1ccc(CNC(=O)C(=O)Nc2c(C)cccc2C)cc1. The van der Waals surface area contributed by atoms with E-state index in [4.69, 9.17) is 0 Å². The van der Waals surface area contributed by atoms with Gasteiger partial charge in [0.1, 0.15) is 0 Å². The summed E-state index contributed by atoms with van der Waals surface area (Å²) >= 11 is 0. The Morgan fingerprint density at radius 2 is 1.43 bits per heavy atom. The molecule has 120 valence electrons. The van der Waals surface area contributed by atoms with Crippen molar-refractivity contribution in [2.45, 2.75) is 33.7 Å². The first-order valence-electron chi connectivity index (χ1n) is 7.74. The monoisotopic (exact) mass is 310 g/mol. The van der Waals surface area contributed by atoms with Crippen molar-refractivity contribution in [3.05, 3.63) is 64.7 Å². The van der Waals surface area contributed by atoms with Crippen LogP contribution in [0.4, 0.5) is 5.69 Å². The fourth-order valence-corrected chi connectivity index (χ4v) is 2.34. The lowest BCUT2D eigenvalue weighted by molar-refractivity contribution is -0.136. The van der Waals surface area contributed by atoms with E-state index in [1.165, 1.54) is 5.56 Å². The number of para-hydroxylation sites is 1. The minimum absolute atomic E-state index is 0.336. The van der Waals surface area contributed by atoms with Crippen LogP contribution in [-0.2, 0) is 22.6 Å². The number of aryl methyl sites for hydroxylation is 3. The Hall–Kier alpha value is -2.62. The minimum Gasteiger partial charge on any atom is -0.344 e. The molecular formula is C19H22N2O2. The van der Waals surface area contributed by atoms with Gasteiger partial charge in [0.25, 0.3) is 0 Å². The fourth-order valence-electron chi connectivity index (χ4n) is 2.34. The summed E-state index contributed by atoms with van der Waals surface area (Å²) in [5.74, 6) is -1.28. The van der Waals surface area contributed by atoms with Gasteiger partial charge < -0.3 is 10.6 Å². The maximum Gasteiger partial charge on any atom is 0.313 e. The molecular weight excluding hydrogens is 288 g/mol. The van der Waals surface area contributed by atoms with Crippen LogP contribution in [0.1, 0.15) is 29.2 Å². The standard InChI is InChI=1S/C19H22N2O2/c1-4-15-8-10-16(11-9-15)12-20-18(22)19(23)21-17-13(2)6-5-7-14(17)3/h5-11H,4,12H2,1-3H3,(H,20,22)(H,21,23). The van der Waals surface area contributed by atoms with Gasteiger partial charge in [0.2, 0.25) is 0 Å². The van der Waals surface area contributed by atoms with Crippen molar-refractivity contribution >= 4 is 17.5 Å². The number of anilines is 1. The van der Waals surface area contributed by atoms with Gasteiger partial charge >= 0.3 is 11.8 Å². The van der Waals surface area contributed by atoms with E-state index >= 15 is 0 Å². The van der Waals surface area contributed by atoms with Crippen molar-refractivity contribution in [2.24, 2.45) is 0 Å². The third-order valence-corrected chi connectivity index (χ3v) is 3.81. The second-order valence-electron chi connectivity index (χ2n) is 5.57. The summed E-state index contributed by atoms with van der Waals surface area (Å²) in [4.78, 5) is 24.0. The van der Waals surface area contributed by atoms with Gasteiger partial charge in [0.15, 0.2) is 0 Å². The van der Waals surface area contributed by atoms with Gasteiger partial charge in [-0.2, -0.15) is 0 Å². The predicted molar refractivity (Wildman–Crippen MR) is 92.2 cm³/mol. The zero-order chi connectivity index (χ0) is 16.8. The number of carbonyl (C=O) groups is 2. The molecule has 2 amide bonds. The van der Waals surface area contributed by atoms with E-state index in [1.807, 2.05) is 56.3 Å². The minimum atomic E-state index is -0.646. The molecule has 0 aliphatic carbocycles. The summed E-state index contributed by atoms with van der Waals surface area (Å²) in [5.41, 5.74) is 4.77. The van der Waals surface area contributed by atoms with Gasteiger partial charge in [0.05, 0.1) is 0 Å². The molecule has 0 saturated carbocycles. The van der Waals surface area contributed by atoms with Crippen molar-refractivity contribution in [2.75, 3.05) is 5.32 Å². The molecule has 0 aliphatic heterocycles. The lowest BCUT2D eigenvalue weighted by Crippen LogP contribution is -2.35. The van der Waals surface area contributed by atoms with E-state index in [2.05, 4.69) is 17.6 Å². The highest BCUT2D eigenvalue weighted by atomic mass is 16.2. The molecule has 4 heteroatoms. The lowest BCUT2D eigenvalue weighted by atomic mass is 10.1. The van der Waals surface area contributed by atoms with E-state index < -0.39 is 11.8 Å². The molecule has 0 unspecified atom stereocenters. The number of benzene rings is 2. The third kappa shape index (κ3) is 4.42. The van der Waals surface area contributed by atoms with E-state index in [0.717, 1.165) is 23.1 Å². The number of hydrogen-bond donors (Lipinski definition) is 2. The predicted octanol–water partition coefficient (Wildman–Crippen LogP) is 3.12. The number of rotatable bonds is 4. The summed E-state index contributed by atoms with van der Waals surface area (Å²) in [7, 11) is 0. The highest BCUT2D eigenvalue weighted by Gasteiger charge is 2.15. The zero-order valence-corrected chi connectivity index (χ0v) is 13.8. The van der Waals surface area contributed by atoms with Gasteiger partial charge in [-0.1, -0.05) is 49.4 Å². The van der Waals surface area contributed by atoms with Crippen LogP contribution in [0, 0.1) is 13.8 Å². The Morgan fingerprint density at radius 3 is 2.00 bits per heavy atom. The van der Waals surface area contributed by atoms with Crippen LogP contribution in [0.3, 0.4) is 0 Å². The van der Waals surface area contributed by atoms with Crippen LogP contribution in [-0.4, -0.2) is 11.8 Å². The molecule has 0 atom stereocenters. The summed E-state index contributed by atoms with van der Waals surface area (Å²) in [6.07, 6.45) is 0.977. The van der Waals surface area contributed by atoms with Gasteiger partial charge in [-0.3, -0.25) is 9.59 Å². The molecule has 0 aliphatic rings. The molecule has 2 rings (SSSR count). The Bertz CT molecular complexity index is 686.